The molecule has 0 aliphatic heterocycles. The Morgan fingerprint density at radius 1 is 1.05 bits per heavy atom. The van der Waals surface area contributed by atoms with Gasteiger partial charge in [0, 0.05) is 10.6 Å². The van der Waals surface area contributed by atoms with Crippen LogP contribution in [0.25, 0.3) is 0 Å². The summed E-state index contributed by atoms with van der Waals surface area (Å²) in [6, 6.07) is 5.40. The van der Waals surface area contributed by atoms with Crippen molar-refractivity contribution in [2.24, 2.45) is 5.73 Å². The highest BCUT2D eigenvalue weighted by atomic mass is 35.5. The van der Waals surface area contributed by atoms with Gasteiger partial charge in [0.2, 0.25) is 0 Å². The van der Waals surface area contributed by atoms with Crippen LogP contribution >= 0.6 is 23.8 Å². The molecule has 21 heavy (non-hydrogen) atoms. The van der Waals surface area contributed by atoms with E-state index in [9.17, 15) is 8.78 Å². The predicted molar refractivity (Wildman–Crippen MR) is 83.2 cm³/mol. The smallest absolute Gasteiger partial charge is 0.198 e. The third-order valence-corrected chi connectivity index (χ3v) is 3.37. The Morgan fingerprint density at radius 2 is 1.52 bits per heavy atom. The molecule has 0 amide bonds. The van der Waals surface area contributed by atoms with E-state index < -0.39 is 17.4 Å². The number of hydrogen-bond donors (Lipinski definition) is 1. The van der Waals surface area contributed by atoms with Gasteiger partial charge in [0.25, 0.3) is 0 Å². The van der Waals surface area contributed by atoms with Gasteiger partial charge in [0.15, 0.2) is 17.4 Å². The molecule has 2 aromatic carbocycles. The molecule has 0 spiro atoms. The molecule has 0 saturated heterocycles. The van der Waals surface area contributed by atoms with Gasteiger partial charge in [-0.1, -0.05) is 23.8 Å². The van der Waals surface area contributed by atoms with Crippen LogP contribution in [0.3, 0.4) is 0 Å². The number of ether oxygens (including phenoxy) is 1. The second-order valence-corrected chi connectivity index (χ2v) is 5.48. The van der Waals surface area contributed by atoms with Crippen LogP contribution in [-0.2, 0) is 0 Å². The first-order chi connectivity index (χ1) is 9.79. The van der Waals surface area contributed by atoms with Crippen LogP contribution in [0.15, 0.2) is 24.3 Å². The summed E-state index contributed by atoms with van der Waals surface area (Å²) in [5.74, 6) is -1.87. The van der Waals surface area contributed by atoms with E-state index in [0.29, 0.717) is 21.9 Å². The Labute approximate surface area is 131 Å². The Balaban J connectivity index is 2.48. The number of halogens is 3. The second-order valence-electron chi connectivity index (χ2n) is 4.60. The summed E-state index contributed by atoms with van der Waals surface area (Å²) in [4.78, 5) is -0.0850. The lowest BCUT2D eigenvalue weighted by molar-refractivity contribution is 0.403. The highest BCUT2D eigenvalue weighted by Gasteiger charge is 2.17. The molecule has 0 aromatic heterocycles. The van der Waals surface area contributed by atoms with Crippen LogP contribution in [-0.4, -0.2) is 4.99 Å². The first-order valence-corrected chi connectivity index (χ1v) is 6.81. The molecule has 0 heterocycles. The fourth-order valence-corrected chi connectivity index (χ4v) is 2.41. The van der Waals surface area contributed by atoms with E-state index in [2.05, 4.69) is 0 Å². The lowest BCUT2D eigenvalue weighted by atomic mass is 10.1. The Bertz CT molecular complexity index is 688. The van der Waals surface area contributed by atoms with E-state index in [0.717, 1.165) is 12.1 Å². The van der Waals surface area contributed by atoms with Crippen LogP contribution in [0.1, 0.15) is 16.7 Å². The van der Waals surface area contributed by atoms with Gasteiger partial charge in [-0.25, -0.2) is 8.78 Å². The zero-order chi connectivity index (χ0) is 15.7. The largest absolute Gasteiger partial charge is 0.451 e. The van der Waals surface area contributed by atoms with E-state index >= 15 is 0 Å². The molecule has 0 atom stereocenters. The third kappa shape index (κ3) is 3.31. The molecule has 0 bridgehead atoms. The number of benzene rings is 2. The Hall–Kier alpha value is -1.72. The maximum atomic E-state index is 14.0. The molecule has 0 saturated carbocycles. The summed E-state index contributed by atoms with van der Waals surface area (Å²) in [6.07, 6.45) is 0. The quantitative estimate of drug-likeness (QED) is 0.833. The molecule has 0 aliphatic rings. The van der Waals surface area contributed by atoms with Gasteiger partial charge < -0.3 is 10.5 Å². The summed E-state index contributed by atoms with van der Waals surface area (Å²) in [6.45, 7) is 3.49. The zero-order valence-corrected chi connectivity index (χ0v) is 12.9. The number of nitrogens with two attached hydrogens (primary N) is 1. The van der Waals surface area contributed by atoms with Crippen molar-refractivity contribution in [1.82, 2.24) is 0 Å². The van der Waals surface area contributed by atoms with Crippen LogP contribution in [0.5, 0.6) is 11.5 Å². The van der Waals surface area contributed by atoms with Crippen molar-refractivity contribution in [2.45, 2.75) is 13.8 Å². The van der Waals surface area contributed by atoms with Crippen LogP contribution < -0.4 is 10.5 Å². The average molecular weight is 328 g/mol. The summed E-state index contributed by atoms with van der Waals surface area (Å²) >= 11 is 10.6. The maximum Gasteiger partial charge on any atom is 0.198 e. The summed E-state index contributed by atoms with van der Waals surface area (Å²) in [5, 5.41) is 0.530. The topological polar surface area (TPSA) is 35.2 Å². The highest BCUT2D eigenvalue weighted by molar-refractivity contribution is 7.80. The van der Waals surface area contributed by atoms with Crippen molar-refractivity contribution in [3.8, 4) is 11.5 Å². The molecular formula is C15H12ClF2NOS. The third-order valence-electron chi connectivity index (χ3n) is 2.91. The van der Waals surface area contributed by atoms with Gasteiger partial charge in [0.05, 0.1) is 0 Å². The van der Waals surface area contributed by atoms with Crippen molar-refractivity contribution in [3.05, 3.63) is 57.6 Å². The number of rotatable bonds is 3. The minimum Gasteiger partial charge on any atom is -0.451 e. The van der Waals surface area contributed by atoms with Gasteiger partial charge in [-0.15, -0.1) is 0 Å². The van der Waals surface area contributed by atoms with Gasteiger partial charge in [-0.2, -0.15) is 0 Å². The monoisotopic (exact) mass is 327 g/mol. The molecule has 2 N–H and O–H groups in total. The maximum absolute atomic E-state index is 14.0. The normalized spacial score (nSPS) is 10.5. The summed E-state index contributed by atoms with van der Waals surface area (Å²) in [7, 11) is 0. The fourth-order valence-electron chi connectivity index (χ4n) is 1.96. The SMILES string of the molecule is Cc1cc(Cl)cc(C)c1Oc1c(F)cc(C(N)=S)cc1F. The van der Waals surface area contributed by atoms with Crippen molar-refractivity contribution >= 4 is 28.8 Å². The molecule has 0 unspecified atom stereocenters. The Morgan fingerprint density at radius 3 is 1.95 bits per heavy atom. The number of hydrogen-bond acceptors (Lipinski definition) is 2. The van der Waals surface area contributed by atoms with Gasteiger partial charge >= 0.3 is 0 Å². The van der Waals surface area contributed by atoms with Gasteiger partial charge in [-0.3, -0.25) is 0 Å². The standard InChI is InChI=1S/C15H12ClF2NOS/c1-7-3-10(16)4-8(2)13(7)20-14-11(17)5-9(15(19)21)6-12(14)18/h3-6H,1-2H3,(H2,19,21). The molecule has 2 rings (SSSR count). The minimum absolute atomic E-state index is 0.0850. The van der Waals surface area contributed by atoms with Crippen LogP contribution in [0.2, 0.25) is 5.02 Å². The van der Waals surface area contributed by atoms with Gasteiger partial charge in [0.1, 0.15) is 10.7 Å². The zero-order valence-electron chi connectivity index (χ0n) is 11.3. The van der Waals surface area contributed by atoms with E-state index in [-0.39, 0.29) is 10.6 Å². The highest BCUT2D eigenvalue weighted by Crippen LogP contribution is 2.34. The second kappa shape index (κ2) is 5.95. The Kier molecular flexibility index (Phi) is 4.44. The van der Waals surface area contributed by atoms with Gasteiger partial charge in [-0.05, 0) is 49.2 Å². The molecule has 2 aromatic rings. The molecular weight excluding hydrogens is 316 g/mol. The van der Waals surface area contributed by atoms with E-state index in [1.807, 2.05) is 0 Å². The van der Waals surface area contributed by atoms with Crippen LogP contribution in [0.4, 0.5) is 8.78 Å². The van der Waals surface area contributed by atoms with E-state index in [1.54, 1.807) is 26.0 Å². The van der Waals surface area contributed by atoms with Crippen molar-refractivity contribution in [3.63, 3.8) is 0 Å². The van der Waals surface area contributed by atoms with E-state index in [1.165, 1.54) is 0 Å². The minimum atomic E-state index is -0.869. The molecule has 0 radical (unpaired) electrons. The van der Waals surface area contributed by atoms with Crippen molar-refractivity contribution < 1.29 is 13.5 Å². The fraction of sp³-hybridized carbons (Fsp3) is 0.133. The molecule has 0 fully saturated rings. The first kappa shape index (κ1) is 15.7. The molecule has 0 aliphatic carbocycles. The lowest BCUT2D eigenvalue weighted by Gasteiger charge is -2.14. The molecule has 2 nitrogen and oxygen atoms in total. The number of aryl methyl sites for hydroxylation is 2. The number of thiocarbonyl (C=S) groups is 1. The van der Waals surface area contributed by atoms with Crippen LogP contribution in [0, 0.1) is 25.5 Å². The van der Waals surface area contributed by atoms with E-state index in [4.69, 9.17) is 34.3 Å². The van der Waals surface area contributed by atoms with Crippen molar-refractivity contribution in [2.75, 3.05) is 0 Å². The predicted octanol–water partition coefficient (Wildman–Crippen LogP) is 4.66. The average Bonchev–Trinajstić information content (AvgIpc) is 2.35. The summed E-state index contributed by atoms with van der Waals surface area (Å²) in [5.41, 5.74) is 6.83. The van der Waals surface area contributed by atoms with Crippen molar-refractivity contribution in [1.29, 1.82) is 0 Å². The molecule has 110 valence electrons. The summed E-state index contributed by atoms with van der Waals surface area (Å²) < 4.78 is 33.4. The first-order valence-electron chi connectivity index (χ1n) is 6.03. The lowest BCUT2D eigenvalue weighted by Crippen LogP contribution is -2.10. The molecule has 6 heteroatoms.